The monoisotopic (exact) mass is 358 g/mol. The highest BCUT2D eigenvalue weighted by Crippen LogP contribution is 2.07. The van der Waals surface area contributed by atoms with Crippen molar-refractivity contribution >= 4 is 16.8 Å². The Kier molecular flexibility index (Phi) is 7.33. The Hall–Kier alpha value is -2.21. The molecular weight excluding hydrogens is 328 g/mol. The Bertz CT molecular complexity index is 775. The van der Waals surface area contributed by atoms with E-state index in [2.05, 4.69) is 47.9 Å². The van der Waals surface area contributed by atoms with Gasteiger partial charge in [-0.25, -0.2) is 4.98 Å². The summed E-state index contributed by atoms with van der Waals surface area (Å²) in [4.78, 5) is 33.7. The molecule has 1 heterocycles. The maximum absolute atomic E-state index is 12.0. The van der Waals surface area contributed by atoms with Gasteiger partial charge < -0.3 is 10.3 Å². The first kappa shape index (κ1) is 20.1. The fourth-order valence-corrected chi connectivity index (χ4v) is 3.20. The molecule has 0 saturated carbocycles. The number of carbonyl (C=O) groups excluding carboxylic acids is 1. The normalized spacial score (nSPS) is 11.7. The summed E-state index contributed by atoms with van der Waals surface area (Å²) < 4.78 is 0. The van der Waals surface area contributed by atoms with Gasteiger partial charge in [-0.2, -0.15) is 0 Å². The van der Waals surface area contributed by atoms with Gasteiger partial charge in [0.2, 0.25) is 5.91 Å². The first-order valence-electron chi connectivity index (χ1n) is 9.39. The minimum atomic E-state index is -0.127. The van der Waals surface area contributed by atoms with Crippen LogP contribution in [0.2, 0.25) is 0 Å². The van der Waals surface area contributed by atoms with Crippen LogP contribution in [0, 0.1) is 0 Å². The van der Waals surface area contributed by atoms with Crippen LogP contribution in [-0.4, -0.2) is 45.9 Å². The molecule has 2 aromatic rings. The maximum atomic E-state index is 12.0. The van der Waals surface area contributed by atoms with Crippen molar-refractivity contribution in [2.24, 2.45) is 0 Å². The van der Waals surface area contributed by atoms with Crippen molar-refractivity contribution in [3.05, 3.63) is 40.4 Å². The SMILES string of the molecule is CC(C)N(CCNC(=O)CCCc1nc2ccccc2c(=O)[nH]1)C(C)C. The number of carbonyl (C=O) groups is 1. The van der Waals surface area contributed by atoms with Gasteiger partial charge in [0, 0.05) is 38.0 Å². The number of benzene rings is 1. The first-order chi connectivity index (χ1) is 12.4. The molecule has 0 unspecified atom stereocenters. The van der Waals surface area contributed by atoms with E-state index in [9.17, 15) is 9.59 Å². The largest absolute Gasteiger partial charge is 0.355 e. The van der Waals surface area contributed by atoms with E-state index in [4.69, 9.17) is 0 Å². The van der Waals surface area contributed by atoms with E-state index in [1.807, 2.05) is 18.2 Å². The lowest BCUT2D eigenvalue weighted by Crippen LogP contribution is -2.42. The van der Waals surface area contributed by atoms with Gasteiger partial charge in [0.25, 0.3) is 5.56 Å². The van der Waals surface area contributed by atoms with Crippen LogP contribution in [0.4, 0.5) is 0 Å². The number of para-hydroxylation sites is 1. The molecule has 0 bridgehead atoms. The maximum Gasteiger partial charge on any atom is 0.258 e. The summed E-state index contributed by atoms with van der Waals surface area (Å²) in [6.07, 6.45) is 1.67. The molecule has 1 aromatic heterocycles. The second kappa shape index (κ2) is 9.48. The number of aromatic nitrogens is 2. The van der Waals surface area contributed by atoms with Crippen molar-refractivity contribution in [1.82, 2.24) is 20.2 Å². The number of hydrogen-bond donors (Lipinski definition) is 2. The van der Waals surface area contributed by atoms with Gasteiger partial charge in [-0.3, -0.25) is 14.5 Å². The molecule has 2 rings (SSSR count). The molecule has 6 heteroatoms. The summed E-state index contributed by atoms with van der Waals surface area (Å²) in [5, 5.41) is 3.57. The number of aryl methyl sites for hydroxylation is 1. The van der Waals surface area contributed by atoms with E-state index in [0.717, 1.165) is 6.54 Å². The molecule has 0 saturated heterocycles. The van der Waals surface area contributed by atoms with Gasteiger partial charge in [0.1, 0.15) is 5.82 Å². The van der Waals surface area contributed by atoms with Gasteiger partial charge in [0.05, 0.1) is 10.9 Å². The molecule has 0 aliphatic carbocycles. The molecular formula is C20H30N4O2. The Labute approximate surface area is 155 Å². The third kappa shape index (κ3) is 5.66. The number of amides is 1. The lowest BCUT2D eigenvalue weighted by Gasteiger charge is -2.30. The second-order valence-electron chi connectivity index (χ2n) is 7.16. The molecule has 6 nitrogen and oxygen atoms in total. The van der Waals surface area contributed by atoms with E-state index >= 15 is 0 Å². The summed E-state index contributed by atoms with van der Waals surface area (Å²) in [5.74, 6) is 0.674. The van der Waals surface area contributed by atoms with E-state index in [1.54, 1.807) is 6.07 Å². The third-order valence-electron chi connectivity index (χ3n) is 4.50. The summed E-state index contributed by atoms with van der Waals surface area (Å²) >= 11 is 0. The van der Waals surface area contributed by atoms with Crippen molar-refractivity contribution in [3.63, 3.8) is 0 Å². The Morgan fingerprint density at radius 1 is 1.19 bits per heavy atom. The van der Waals surface area contributed by atoms with Crippen LogP contribution < -0.4 is 10.9 Å². The summed E-state index contributed by atoms with van der Waals surface area (Å²) in [6.45, 7) is 10.2. The number of aromatic amines is 1. The van der Waals surface area contributed by atoms with Crippen LogP contribution in [0.1, 0.15) is 46.4 Å². The van der Waals surface area contributed by atoms with Crippen molar-refractivity contribution in [1.29, 1.82) is 0 Å². The average Bonchev–Trinajstić information content (AvgIpc) is 2.58. The zero-order valence-electron chi connectivity index (χ0n) is 16.2. The molecule has 1 amide bonds. The van der Waals surface area contributed by atoms with Crippen molar-refractivity contribution in [2.75, 3.05) is 13.1 Å². The predicted molar refractivity (Wildman–Crippen MR) is 105 cm³/mol. The molecule has 0 spiro atoms. The van der Waals surface area contributed by atoms with Crippen LogP contribution in [0.5, 0.6) is 0 Å². The molecule has 0 fully saturated rings. The lowest BCUT2D eigenvalue weighted by atomic mass is 10.2. The summed E-state index contributed by atoms with van der Waals surface area (Å²) in [7, 11) is 0. The number of rotatable bonds is 9. The lowest BCUT2D eigenvalue weighted by molar-refractivity contribution is -0.121. The number of fused-ring (bicyclic) bond motifs is 1. The molecule has 26 heavy (non-hydrogen) atoms. The highest BCUT2D eigenvalue weighted by molar-refractivity contribution is 5.77. The van der Waals surface area contributed by atoms with Crippen LogP contribution in [0.3, 0.4) is 0 Å². The number of nitrogens with one attached hydrogen (secondary N) is 2. The zero-order chi connectivity index (χ0) is 19.1. The number of nitrogens with zero attached hydrogens (tertiary/aromatic N) is 2. The third-order valence-corrected chi connectivity index (χ3v) is 4.50. The number of hydrogen-bond acceptors (Lipinski definition) is 4. The summed E-state index contributed by atoms with van der Waals surface area (Å²) in [5.41, 5.74) is 0.565. The highest BCUT2D eigenvalue weighted by atomic mass is 16.1. The molecule has 0 radical (unpaired) electrons. The smallest absolute Gasteiger partial charge is 0.258 e. The standard InChI is InChI=1S/C20H30N4O2/c1-14(2)24(15(3)4)13-12-21-19(25)11-7-10-18-22-17-9-6-5-8-16(17)20(26)23-18/h5-6,8-9,14-15H,7,10-13H2,1-4H3,(H,21,25)(H,22,23,26). The van der Waals surface area contributed by atoms with Gasteiger partial charge >= 0.3 is 0 Å². The van der Waals surface area contributed by atoms with Crippen LogP contribution >= 0.6 is 0 Å². The predicted octanol–water partition coefficient (Wildman–Crippen LogP) is 2.48. The number of H-pyrrole nitrogens is 1. The molecule has 142 valence electrons. The topological polar surface area (TPSA) is 78.1 Å². The average molecular weight is 358 g/mol. The van der Waals surface area contributed by atoms with Gasteiger partial charge in [-0.15, -0.1) is 0 Å². The van der Waals surface area contributed by atoms with Crippen molar-refractivity contribution < 1.29 is 4.79 Å². The van der Waals surface area contributed by atoms with Crippen LogP contribution in [0.25, 0.3) is 10.9 Å². The van der Waals surface area contributed by atoms with Crippen molar-refractivity contribution in [3.8, 4) is 0 Å². The minimum absolute atomic E-state index is 0.0422. The van der Waals surface area contributed by atoms with Gasteiger partial charge in [-0.1, -0.05) is 12.1 Å². The van der Waals surface area contributed by atoms with Crippen LogP contribution in [0.15, 0.2) is 29.1 Å². The van der Waals surface area contributed by atoms with Gasteiger partial charge in [-0.05, 0) is 46.2 Å². The molecule has 1 aromatic carbocycles. The van der Waals surface area contributed by atoms with Gasteiger partial charge in [0.15, 0.2) is 0 Å². The quantitative estimate of drug-likeness (QED) is 0.722. The fourth-order valence-electron chi connectivity index (χ4n) is 3.20. The fraction of sp³-hybridized carbons (Fsp3) is 0.550. The highest BCUT2D eigenvalue weighted by Gasteiger charge is 2.13. The van der Waals surface area contributed by atoms with Crippen LogP contribution in [-0.2, 0) is 11.2 Å². The first-order valence-corrected chi connectivity index (χ1v) is 9.39. The van der Waals surface area contributed by atoms with E-state index in [-0.39, 0.29) is 11.5 Å². The second-order valence-corrected chi connectivity index (χ2v) is 7.16. The van der Waals surface area contributed by atoms with Crippen molar-refractivity contribution in [2.45, 2.75) is 59.0 Å². The van der Waals surface area contributed by atoms with E-state index in [1.165, 1.54) is 0 Å². The molecule has 0 aliphatic heterocycles. The summed E-state index contributed by atoms with van der Waals surface area (Å²) in [6, 6.07) is 8.20. The molecule has 2 N–H and O–H groups in total. The Morgan fingerprint density at radius 2 is 1.88 bits per heavy atom. The van der Waals surface area contributed by atoms with E-state index < -0.39 is 0 Å². The Morgan fingerprint density at radius 3 is 2.58 bits per heavy atom. The molecule has 0 atom stereocenters. The zero-order valence-corrected chi connectivity index (χ0v) is 16.2. The Balaban J connectivity index is 1.77. The molecule has 0 aliphatic rings. The minimum Gasteiger partial charge on any atom is -0.355 e. The van der Waals surface area contributed by atoms with E-state index in [0.29, 0.717) is 54.6 Å².